The third-order valence-corrected chi connectivity index (χ3v) is 5.02. The van der Waals surface area contributed by atoms with Crippen molar-refractivity contribution in [3.05, 3.63) is 52.3 Å². The van der Waals surface area contributed by atoms with Crippen molar-refractivity contribution in [2.24, 2.45) is 0 Å². The maximum atomic E-state index is 12.6. The molecule has 1 aromatic carbocycles. The lowest BCUT2D eigenvalue weighted by atomic mass is 10.1. The van der Waals surface area contributed by atoms with Crippen LogP contribution in [0, 0.1) is 0 Å². The molecule has 6 heteroatoms. The summed E-state index contributed by atoms with van der Waals surface area (Å²) < 4.78 is 0. The zero-order chi connectivity index (χ0) is 16.9. The smallest absolute Gasteiger partial charge is 0.272 e. The zero-order valence-corrected chi connectivity index (χ0v) is 14.8. The van der Waals surface area contributed by atoms with Gasteiger partial charge in [0, 0.05) is 11.9 Å². The number of carbonyl (C=O) groups is 1. The lowest BCUT2D eigenvalue weighted by Gasteiger charge is -2.29. The van der Waals surface area contributed by atoms with Crippen LogP contribution in [-0.2, 0) is 0 Å². The Bertz CT molecular complexity index is 792. The standard InChI is InChI=1S/C18H22N4OS/c1-3-22(4-2)16(13-9-10-24-12-13)11-19-18(23)17-14-7-5-6-8-15(14)20-21-17/h5-10,12,16H,3-4,11H2,1-2H3,(H,19,23)(H,20,21)/t16-/m1/s1. The van der Waals surface area contributed by atoms with Crippen LogP contribution in [0.4, 0.5) is 0 Å². The first kappa shape index (κ1) is 16.7. The summed E-state index contributed by atoms with van der Waals surface area (Å²) in [7, 11) is 0. The molecule has 0 spiro atoms. The van der Waals surface area contributed by atoms with E-state index in [1.54, 1.807) is 11.3 Å². The third kappa shape index (κ3) is 3.34. The van der Waals surface area contributed by atoms with Crippen molar-refractivity contribution < 1.29 is 4.79 Å². The van der Waals surface area contributed by atoms with E-state index in [9.17, 15) is 4.79 Å². The molecule has 0 fully saturated rings. The number of fused-ring (bicyclic) bond motifs is 1. The first-order valence-electron chi connectivity index (χ1n) is 8.22. The molecule has 0 unspecified atom stereocenters. The summed E-state index contributed by atoms with van der Waals surface area (Å²) >= 11 is 1.68. The number of para-hydroxylation sites is 1. The fraction of sp³-hybridized carbons (Fsp3) is 0.333. The minimum atomic E-state index is -0.139. The number of amides is 1. The molecule has 0 bridgehead atoms. The molecule has 1 amide bonds. The molecule has 0 aliphatic carbocycles. The lowest BCUT2D eigenvalue weighted by Crippen LogP contribution is -2.38. The fourth-order valence-corrected chi connectivity index (χ4v) is 3.70. The van der Waals surface area contributed by atoms with Gasteiger partial charge in [-0.3, -0.25) is 14.8 Å². The quantitative estimate of drug-likeness (QED) is 0.691. The Labute approximate surface area is 145 Å². The molecule has 126 valence electrons. The molecular weight excluding hydrogens is 320 g/mol. The van der Waals surface area contributed by atoms with E-state index in [-0.39, 0.29) is 11.9 Å². The highest BCUT2D eigenvalue weighted by Gasteiger charge is 2.21. The van der Waals surface area contributed by atoms with Gasteiger partial charge in [-0.1, -0.05) is 32.0 Å². The lowest BCUT2D eigenvalue weighted by molar-refractivity contribution is 0.0931. The van der Waals surface area contributed by atoms with Gasteiger partial charge >= 0.3 is 0 Å². The van der Waals surface area contributed by atoms with Gasteiger partial charge in [-0.2, -0.15) is 16.4 Å². The Morgan fingerprint density at radius 2 is 2.08 bits per heavy atom. The summed E-state index contributed by atoms with van der Waals surface area (Å²) in [6.45, 7) is 6.74. The minimum absolute atomic E-state index is 0.139. The Kier molecular flexibility index (Phi) is 5.27. The summed E-state index contributed by atoms with van der Waals surface area (Å²) in [5, 5.41) is 15.2. The monoisotopic (exact) mass is 342 g/mol. The number of rotatable bonds is 7. The van der Waals surface area contributed by atoms with Gasteiger partial charge in [0.25, 0.3) is 5.91 Å². The van der Waals surface area contributed by atoms with Gasteiger partial charge in [-0.05, 0) is 41.5 Å². The summed E-state index contributed by atoms with van der Waals surface area (Å²) in [5.41, 5.74) is 2.57. The summed E-state index contributed by atoms with van der Waals surface area (Å²) in [4.78, 5) is 14.9. The number of benzene rings is 1. The van der Waals surface area contributed by atoms with Crippen molar-refractivity contribution in [2.75, 3.05) is 19.6 Å². The molecule has 0 radical (unpaired) electrons. The van der Waals surface area contributed by atoms with Gasteiger partial charge in [0.2, 0.25) is 0 Å². The number of carbonyl (C=O) groups excluding carboxylic acids is 1. The van der Waals surface area contributed by atoms with Gasteiger partial charge in [-0.25, -0.2) is 0 Å². The molecule has 3 rings (SSSR count). The second-order valence-corrected chi connectivity index (χ2v) is 6.40. The van der Waals surface area contributed by atoms with Crippen LogP contribution >= 0.6 is 11.3 Å². The number of aromatic amines is 1. The summed E-state index contributed by atoms with van der Waals surface area (Å²) in [6.07, 6.45) is 0. The first-order valence-corrected chi connectivity index (χ1v) is 9.16. The van der Waals surface area contributed by atoms with Gasteiger partial charge in [0.1, 0.15) is 0 Å². The minimum Gasteiger partial charge on any atom is -0.349 e. The second kappa shape index (κ2) is 7.59. The first-order chi connectivity index (χ1) is 11.7. The molecule has 24 heavy (non-hydrogen) atoms. The van der Waals surface area contributed by atoms with E-state index in [1.807, 2.05) is 24.3 Å². The molecule has 0 aliphatic heterocycles. The van der Waals surface area contributed by atoms with Crippen molar-refractivity contribution in [2.45, 2.75) is 19.9 Å². The molecule has 5 nitrogen and oxygen atoms in total. The van der Waals surface area contributed by atoms with Crippen LogP contribution in [0.1, 0.15) is 35.9 Å². The average molecular weight is 342 g/mol. The van der Waals surface area contributed by atoms with Crippen molar-refractivity contribution >= 4 is 28.1 Å². The van der Waals surface area contributed by atoms with E-state index in [2.05, 4.69) is 51.1 Å². The molecule has 0 saturated carbocycles. The van der Waals surface area contributed by atoms with Crippen molar-refractivity contribution in [1.29, 1.82) is 0 Å². The molecule has 0 aliphatic rings. The number of likely N-dealkylation sites (N-methyl/N-ethyl adjacent to an activating group) is 1. The number of H-pyrrole nitrogens is 1. The second-order valence-electron chi connectivity index (χ2n) is 5.62. The Balaban J connectivity index is 1.75. The van der Waals surface area contributed by atoms with E-state index >= 15 is 0 Å². The Morgan fingerprint density at radius 1 is 1.29 bits per heavy atom. The highest BCUT2D eigenvalue weighted by atomic mass is 32.1. The zero-order valence-electron chi connectivity index (χ0n) is 14.0. The molecule has 0 saturated heterocycles. The highest BCUT2D eigenvalue weighted by molar-refractivity contribution is 7.07. The highest BCUT2D eigenvalue weighted by Crippen LogP contribution is 2.22. The summed E-state index contributed by atoms with van der Waals surface area (Å²) in [6, 6.07) is 9.98. The third-order valence-electron chi connectivity index (χ3n) is 4.32. The number of nitrogens with zero attached hydrogens (tertiary/aromatic N) is 2. The molecule has 1 atom stereocenters. The predicted molar refractivity (Wildman–Crippen MR) is 98.4 cm³/mol. The fourth-order valence-electron chi connectivity index (χ4n) is 3.00. The van der Waals surface area contributed by atoms with Crippen LogP contribution in [0.25, 0.3) is 10.9 Å². The normalized spacial score (nSPS) is 12.6. The maximum absolute atomic E-state index is 12.6. The van der Waals surface area contributed by atoms with Crippen LogP contribution in [0.15, 0.2) is 41.1 Å². The maximum Gasteiger partial charge on any atom is 0.272 e. The average Bonchev–Trinajstić information content (AvgIpc) is 3.27. The van der Waals surface area contributed by atoms with E-state index in [0.717, 1.165) is 24.0 Å². The number of hydrogen-bond acceptors (Lipinski definition) is 4. The van der Waals surface area contributed by atoms with Crippen molar-refractivity contribution in [3.63, 3.8) is 0 Å². The topological polar surface area (TPSA) is 61.0 Å². The molecule has 2 N–H and O–H groups in total. The Morgan fingerprint density at radius 3 is 2.79 bits per heavy atom. The molecule has 3 aromatic rings. The van der Waals surface area contributed by atoms with E-state index in [4.69, 9.17) is 0 Å². The number of nitrogens with one attached hydrogen (secondary N) is 2. The van der Waals surface area contributed by atoms with Crippen LogP contribution in [0.3, 0.4) is 0 Å². The van der Waals surface area contributed by atoms with Crippen LogP contribution in [-0.4, -0.2) is 40.6 Å². The van der Waals surface area contributed by atoms with E-state index < -0.39 is 0 Å². The van der Waals surface area contributed by atoms with Crippen LogP contribution in [0.5, 0.6) is 0 Å². The van der Waals surface area contributed by atoms with Crippen molar-refractivity contribution in [3.8, 4) is 0 Å². The number of aromatic nitrogens is 2. The molecule has 2 aromatic heterocycles. The van der Waals surface area contributed by atoms with Crippen LogP contribution < -0.4 is 5.32 Å². The van der Waals surface area contributed by atoms with E-state index in [1.165, 1.54) is 5.56 Å². The van der Waals surface area contributed by atoms with E-state index in [0.29, 0.717) is 12.2 Å². The molecule has 2 heterocycles. The molecular formula is C18H22N4OS. The summed E-state index contributed by atoms with van der Waals surface area (Å²) in [5.74, 6) is -0.139. The SMILES string of the molecule is CCN(CC)[C@H](CNC(=O)c1n[nH]c2ccccc12)c1ccsc1. The van der Waals surface area contributed by atoms with Crippen molar-refractivity contribution in [1.82, 2.24) is 20.4 Å². The van der Waals surface area contributed by atoms with Gasteiger partial charge in [-0.15, -0.1) is 0 Å². The van der Waals surface area contributed by atoms with Gasteiger partial charge < -0.3 is 5.32 Å². The number of hydrogen-bond donors (Lipinski definition) is 2. The Hall–Kier alpha value is -2.18. The van der Waals surface area contributed by atoms with Gasteiger partial charge in [0.05, 0.1) is 11.6 Å². The van der Waals surface area contributed by atoms with Gasteiger partial charge in [0.15, 0.2) is 5.69 Å². The number of thiophene rings is 1. The largest absolute Gasteiger partial charge is 0.349 e. The van der Waals surface area contributed by atoms with Crippen LogP contribution in [0.2, 0.25) is 0 Å². The predicted octanol–water partition coefficient (Wildman–Crippen LogP) is 3.44.